The van der Waals surface area contributed by atoms with Gasteiger partial charge in [-0.2, -0.15) is 0 Å². The van der Waals surface area contributed by atoms with E-state index in [9.17, 15) is 4.39 Å². The van der Waals surface area contributed by atoms with Crippen molar-refractivity contribution >= 4 is 16.3 Å². The van der Waals surface area contributed by atoms with Gasteiger partial charge >= 0.3 is 0 Å². The smallest absolute Gasteiger partial charge is 0.193 e. The van der Waals surface area contributed by atoms with Crippen LogP contribution in [0.3, 0.4) is 0 Å². The Morgan fingerprint density at radius 1 is 1.35 bits per heavy atom. The third-order valence-electron chi connectivity index (χ3n) is 3.35. The van der Waals surface area contributed by atoms with Gasteiger partial charge < -0.3 is 5.32 Å². The van der Waals surface area contributed by atoms with E-state index in [-0.39, 0.29) is 11.9 Å². The van der Waals surface area contributed by atoms with E-state index in [0.717, 1.165) is 22.6 Å². The first kappa shape index (κ1) is 13.3. The Balaban J connectivity index is 1.68. The van der Waals surface area contributed by atoms with Crippen molar-refractivity contribution in [3.05, 3.63) is 59.1 Å². The van der Waals surface area contributed by atoms with Gasteiger partial charge in [0.25, 0.3) is 0 Å². The Kier molecular flexibility index (Phi) is 3.80. The van der Waals surface area contributed by atoms with Gasteiger partial charge in [-0.05, 0) is 24.1 Å². The molecule has 2 heterocycles. The molecule has 0 aliphatic rings. The normalized spacial score (nSPS) is 12.9. The highest BCUT2D eigenvalue weighted by atomic mass is 32.1. The molecule has 3 nitrogen and oxygen atoms in total. The van der Waals surface area contributed by atoms with E-state index in [2.05, 4.69) is 17.2 Å². The Morgan fingerprint density at radius 3 is 2.85 bits per heavy atom. The lowest BCUT2D eigenvalue weighted by Crippen LogP contribution is -2.20. The standard InChI is InChI=1S/C15H16FN3S/c1-2-14(11-3-5-12(16)6-4-11)17-9-13-10-19-7-8-20-15(19)18-13/h3-8,10,14,17H,2,9H2,1H3/t14-/m0/s1. The molecule has 0 spiro atoms. The topological polar surface area (TPSA) is 29.3 Å². The van der Waals surface area contributed by atoms with Crippen molar-refractivity contribution in [3.63, 3.8) is 0 Å². The molecule has 5 heteroatoms. The average Bonchev–Trinajstić information content (AvgIpc) is 3.02. The van der Waals surface area contributed by atoms with Crippen LogP contribution in [-0.2, 0) is 6.54 Å². The fourth-order valence-corrected chi connectivity index (χ4v) is 3.00. The number of rotatable bonds is 5. The molecule has 0 saturated carbocycles. The van der Waals surface area contributed by atoms with E-state index in [4.69, 9.17) is 0 Å². The number of aromatic nitrogens is 2. The number of halogens is 1. The predicted molar refractivity (Wildman–Crippen MR) is 79.3 cm³/mol. The van der Waals surface area contributed by atoms with Crippen molar-refractivity contribution in [1.82, 2.24) is 14.7 Å². The number of nitrogens with one attached hydrogen (secondary N) is 1. The van der Waals surface area contributed by atoms with Gasteiger partial charge in [0.05, 0.1) is 5.69 Å². The molecule has 0 unspecified atom stereocenters. The van der Waals surface area contributed by atoms with Gasteiger partial charge in [0.15, 0.2) is 4.96 Å². The predicted octanol–water partition coefficient (Wildman–Crippen LogP) is 3.78. The quantitative estimate of drug-likeness (QED) is 0.774. The minimum atomic E-state index is -0.196. The van der Waals surface area contributed by atoms with Crippen LogP contribution in [0.1, 0.15) is 30.6 Å². The number of thiazole rings is 1. The Labute approximate surface area is 121 Å². The molecule has 3 rings (SSSR count). The summed E-state index contributed by atoms with van der Waals surface area (Å²) in [5, 5.41) is 5.50. The number of imidazole rings is 1. The number of fused-ring (bicyclic) bond motifs is 1. The third-order valence-corrected chi connectivity index (χ3v) is 4.12. The van der Waals surface area contributed by atoms with Gasteiger partial charge in [-0.1, -0.05) is 19.1 Å². The van der Waals surface area contributed by atoms with E-state index >= 15 is 0 Å². The number of hydrogen-bond acceptors (Lipinski definition) is 3. The zero-order valence-electron chi connectivity index (χ0n) is 11.2. The van der Waals surface area contributed by atoms with Crippen LogP contribution in [0.2, 0.25) is 0 Å². The third kappa shape index (κ3) is 2.73. The van der Waals surface area contributed by atoms with Crippen LogP contribution >= 0.6 is 11.3 Å². The largest absolute Gasteiger partial charge is 0.304 e. The van der Waals surface area contributed by atoms with Crippen LogP contribution in [-0.4, -0.2) is 9.38 Å². The molecule has 0 aliphatic heterocycles. The molecular weight excluding hydrogens is 273 g/mol. The fourth-order valence-electron chi connectivity index (χ4n) is 2.28. The summed E-state index contributed by atoms with van der Waals surface area (Å²) >= 11 is 1.63. The van der Waals surface area contributed by atoms with E-state index in [1.165, 1.54) is 12.1 Å². The molecule has 3 aromatic rings. The zero-order chi connectivity index (χ0) is 13.9. The lowest BCUT2D eigenvalue weighted by molar-refractivity contribution is 0.513. The van der Waals surface area contributed by atoms with Crippen molar-refractivity contribution in [3.8, 4) is 0 Å². The first-order valence-electron chi connectivity index (χ1n) is 6.66. The molecule has 2 aromatic heterocycles. The minimum absolute atomic E-state index is 0.196. The van der Waals surface area contributed by atoms with E-state index in [0.29, 0.717) is 6.54 Å². The number of hydrogen-bond donors (Lipinski definition) is 1. The van der Waals surface area contributed by atoms with Gasteiger partial charge in [-0.25, -0.2) is 9.37 Å². The van der Waals surface area contributed by atoms with E-state index in [1.807, 2.05) is 34.3 Å². The monoisotopic (exact) mass is 289 g/mol. The first-order chi connectivity index (χ1) is 9.76. The Hall–Kier alpha value is -1.72. The Morgan fingerprint density at radius 2 is 2.15 bits per heavy atom. The maximum Gasteiger partial charge on any atom is 0.193 e. The first-order valence-corrected chi connectivity index (χ1v) is 7.54. The molecular formula is C15H16FN3S. The molecule has 0 amide bonds. The fraction of sp³-hybridized carbons (Fsp3) is 0.267. The van der Waals surface area contributed by atoms with Crippen LogP contribution < -0.4 is 5.32 Å². The number of nitrogens with zero attached hydrogens (tertiary/aromatic N) is 2. The van der Waals surface area contributed by atoms with E-state index < -0.39 is 0 Å². The molecule has 1 N–H and O–H groups in total. The highest BCUT2D eigenvalue weighted by molar-refractivity contribution is 7.15. The molecule has 1 aromatic carbocycles. The molecule has 0 radical (unpaired) electrons. The van der Waals surface area contributed by atoms with Gasteiger partial charge in [-0.3, -0.25) is 4.40 Å². The summed E-state index contributed by atoms with van der Waals surface area (Å²) in [6.45, 7) is 2.83. The highest BCUT2D eigenvalue weighted by Crippen LogP contribution is 2.18. The molecule has 1 atom stereocenters. The summed E-state index contributed by atoms with van der Waals surface area (Å²) in [6.07, 6.45) is 5.00. The molecule has 104 valence electrons. The van der Waals surface area contributed by atoms with Crippen LogP contribution in [0.25, 0.3) is 4.96 Å². The SMILES string of the molecule is CC[C@H](NCc1cn2ccsc2n1)c1ccc(F)cc1. The van der Waals surface area contributed by atoms with Gasteiger partial charge in [0.2, 0.25) is 0 Å². The highest BCUT2D eigenvalue weighted by Gasteiger charge is 2.10. The van der Waals surface area contributed by atoms with Crippen molar-refractivity contribution in [2.45, 2.75) is 25.9 Å². The maximum absolute atomic E-state index is 13.0. The van der Waals surface area contributed by atoms with Gasteiger partial charge in [0, 0.05) is 30.4 Å². The molecule has 0 aliphatic carbocycles. The number of benzene rings is 1. The van der Waals surface area contributed by atoms with Crippen LogP contribution in [0.15, 0.2) is 42.0 Å². The molecule has 20 heavy (non-hydrogen) atoms. The lowest BCUT2D eigenvalue weighted by Gasteiger charge is -2.16. The Bertz CT molecular complexity index is 658. The average molecular weight is 289 g/mol. The van der Waals surface area contributed by atoms with Crippen molar-refractivity contribution in [1.29, 1.82) is 0 Å². The van der Waals surface area contributed by atoms with Gasteiger partial charge in [0.1, 0.15) is 5.82 Å². The second kappa shape index (κ2) is 5.73. The second-order valence-electron chi connectivity index (χ2n) is 4.72. The maximum atomic E-state index is 13.0. The van der Waals surface area contributed by atoms with Crippen LogP contribution in [0.5, 0.6) is 0 Å². The molecule has 0 saturated heterocycles. The van der Waals surface area contributed by atoms with Crippen LogP contribution in [0.4, 0.5) is 4.39 Å². The van der Waals surface area contributed by atoms with Crippen molar-refractivity contribution in [2.24, 2.45) is 0 Å². The summed E-state index contributed by atoms with van der Waals surface area (Å²) in [5.41, 5.74) is 2.13. The zero-order valence-corrected chi connectivity index (χ0v) is 12.0. The molecule has 0 fully saturated rings. The lowest BCUT2D eigenvalue weighted by atomic mass is 10.0. The van der Waals surface area contributed by atoms with Crippen molar-refractivity contribution < 1.29 is 4.39 Å². The van der Waals surface area contributed by atoms with Gasteiger partial charge in [-0.15, -0.1) is 11.3 Å². The summed E-state index contributed by atoms with van der Waals surface area (Å²) in [7, 11) is 0. The summed E-state index contributed by atoms with van der Waals surface area (Å²) in [5.74, 6) is -0.196. The summed E-state index contributed by atoms with van der Waals surface area (Å²) in [6, 6.07) is 6.90. The van der Waals surface area contributed by atoms with Crippen molar-refractivity contribution in [2.75, 3.05) is 0 Å². The second-order valence-corrected chi connectivity index (χ2v) is 5.59. The minimum Gasteiger partial charge on any atom is -0.304 e. The summed E-state index contributed by atoms with van der Waals surface area (Å²) < 4.78 is 15.0. The van der Waals surface area contributed by atoms with E-state index in [1.54, 1.807) is 11.3 Å². The van der Waals surface area contributed by atoms with Crippen LogP contribution in [0, 0.1) is 5.82 Å². The summed E-state index contributed by atoms with van der Waals surface area (Å²) in [4.78, 5) is 5.56. The molecule has 0 bridgehead atoms.